The first kappa shape index (κ1) is 21.1. The molecule has 0 amide bonds. The number of sulfonamides is 1. The van der Waals surface area contributed by atoms with Gasteiger partial charge in [-0.1, -0.05) is 44.2 Å². The van der Waals surface area contributed by atoms with Gasteiger partial charge in [0.05, 0.1) is 4.90 Å². The second kappa shape index (κ2) is 8.37. The van der Waals surface area contributed by atoms with Crippen LogP contribution in [-0.4, -0.2) is 25.5 Å². The molecule has 4 rings (SSSR count). The molecule has 3 aliphatic carbocycles. The van der Waals surface area contributed by atoms with Crippen LogP contribution in [0, 0.1) is 23.2 Å². The summed E-state index contributed by atoms with van der Waals surface area (Å²) in [5, 5.41) is 8.70. The Morgan fingerprint density at radius 3 is 2.57 bits per heavy atom. The molecule has 0 radical (unpaired) electrons. The lowest BCUT2D eigenvalue weighted by Gasteiger charge is -2.62. The first-order chi connectivity index (χ1) is 13.2. The maximum atomic E-state index is 12.9. The summed E-state index contributed by atoms with van der Waals surface area (Å²) in [4.78, 5) is 10.9. The van der Waals surface area contributed by atoms with Gasteiger partial charge >= 0.3 is 5.97 Å². The molecule has 0 saturated heterocycles. The summed E-state index contributed by atoms with van der Waals surface area (Å²) < 4.78 is 28.9. The zero-order valence-corrected chi connectivity index (χ0v) is 17.5. The molecule has 5 nitrogen and oxygen atoms in total. The standard InChI is InChI=1S/C22H31NO4S/c1-22(2)17-14-16(10-6-3-4-9-13-20(24)25)21(19(22)15-17)23-28(26,27)18-11-7-5-8-12-18/h3,5-8,11-12,16-17,19,21,23H,4,9-10,13-15H2,1-2H3,(H,24,25)/t16-,17+,19+,21-/m1/s1. The van der Waals surface area contributed by atoms with Crippen molar-refractivity contribution < 1.29 is 18.3 Å². The molecule has 2 N–H and O–H groups in total. The largest absolute Gasteiger partial charge is 0.481 e. The molecule has 0 heterocycles. The zero-order chi connectivity index (χ0) is 20.4. The average Bonchev–Trinajstić information content (AvgIpc) is 2.65. The van der Waals surface area contributed by atoms with Crippen LogP contribution in [0.2, 0.25) is 0 Å². The second-order valence-electron chi connectivity index (χ2n) is 8.81. The SMILES string of the molecule is CC1(C)[C@H]2C[C@@H](CC=CCCCC(=O)O)[C@@H](NS(=O)(=O)c3ccccc3)[C@@H]1C2. The van der Waals surface area contributed by atoms with Crippen LogP contribution < -0.4 is 4.72 Å². The van der Waals surface area contributed by atoms with Gasteiger partial charge in [0.2, 0.25) is 10.0 Å². The molecule has 2 bridgehead atoms. The highest BCUT2D eigenvalue weighted by atomic mass is 32.2. The summed E-state index contributed by atoms with van der Waals surface area (Å²) in [5.74, 6) is 0.528. The van der Waals surface area contributed by atoms with E-state index in [-0.39, 0.29) is 23.8 Å². The molecule has 0 spiro atoms. The van der Waals surface area contributed by atoms with Gasteiger partial charge in [0, 0.05) is 12.5 Å². The van der Waals surface area contributed by atoms with Gasteiger partial charge in [-0.25, -0.2) is 13.1 Å². The third-order valence-electron chi connectivity index (χ3n) is 6.79. The number of carbonyl (C=O) groups is 1. The Morgan fingerprint density at radius 1 is 1.21 bits per heavy atom. The average molecular weight is 406 g/mol. The summed E-state index contributed by atoms with van der Waals surface area (Å²) in [5.41, 5.74) is 0.172. The Hall–Kier alpha value is -1.66. The fraction of sp³-hybridized carbons (Fsp3) is 0.591. The number of rotatable bonds is 9. The maximum Gasteiger partial charge on any atom is 0.303 e. The molecule has 1 aromatic carbocycles. The minimum atomic E-state index is -3.54. The van der Waals surface area contributed by atoms with E-state index in [1.165, 1.54) is 0 Å². The van der Waals surface area contributed by atoms with Gasteiger partial charge in [0.25, 0.3) is 0 Å². The Labute approximate surface area is 168 Å². The number of aliphatic carboxylic acids is 1. The van der Waals surface area contributed by atoms with Crippen LogP contribution in [-0.2, 0) is 14.8 Å². The first-order valence-electron chi connectivity index (χ1n) is 10.2. The number of fused-ring (bicyclic) bond motifs is 2. The van der Waals surface area contributed by atoms with Gasteiger partial charge in [-0.05, 0) is 67.4 Å². The fourth-order valence-electron chi connectivity index (χ4n) is 4.93. The van der Waals surface area contributed by atoms with E-state index in [4.69, 9.17) is 5.11 Å². The highest BCUT2D eigenvalue weighted by Crippen LogP contribution is 2.61. The van der Waals surface area contributed by atoms with E-state index in [9.17, 15) is 13.2 Å². The van der Waals surface area contributed by atoms with E-state index in [0.717, 1.165) is 25.7 Å². The molecule has 3 saturated carbocycles. The summed E-state index contributed by atoms with van der Waals surface area (Å²) in [6.45, 7) is 4.52. The van der Waals surface area contributed by atoms with Crippen molar-refractivity contribution in [3.8, 4) is 0 Å². The van der Waals surface area contributed by atoms with Crippen LogP contribution in [0.5, 0.6) is 0 Å². The lowest BCUT2D eigenvalue weighted by molar-refractivity contribution is -0.137. The van der Waals surface area contributed by atoms with Crippen LogP contribution in [0.4, 0.5) is 0 Å². The van der Waals surface area contributed by atoms with Crippen molar-refractivity contribution in [2.24, 2.45) is 23.2 Å². The summed E-state index contributed by atoms with van der Waals surface area (Å²) in [6, 6.07) is 8.52. The van der Waals surface area contributed by atoms with E-state index >= 15 is 0 Å². The van der Waals surface area contributed by atoms with Gasteiger partial charge in [-0.3, -0.25) is 4.79 Å². The minimum absolute atomic E-state index is 0.0612. The number of benzene rings is 1. The van der Waals surface area contributed by atoms with E-state index in [0.29, 0.717) is 23.2 Å². The normalized spacial score (nSPS) is 28.8. The highest BCUT2D eigenvalue weighted by Gasteiger charge is 2.58. The molecule has 0 unspecified atom stereocenters. The maximum absolute atomic E-state index is 12.9. The summed E-state index contributed by atoms with van der Waals surface area (Å²) in [6.07, 6.45) is 8.67. The molecule has 3 aliphatic rings. The molecule has 1 aromatic rings. The Morgan fingerprint density at radius 2 is 1.93 bits per heavy atom. The molecule has 0 aliphatic heterocycles. The van der Waals surface area contributed by atoms with E-state index < -0.39 is 16.0 Å². The van der Waals surface area contributed by atoms with Crippen LogP contribution in [0.25, 0.3) is 0 Å². The number of carboxylic acids is 1. The lowest BCUT2D eigenvalue weighted by Crippen LogP contribution is -2.63. The number of nitrogens with one attached hydrogen (secondary N) is 1. The van der Waals surface area contributed by atoms with Crippen LogP contribution >= 0.6 is 0 Å². The van der Waals surface area contributed by atoms with Crippen molar-refractivity contribution in [2.75, 3.05) is 0 Å². The number of unbranched alkanes of at least 4 members (excludes halogenated alkanes) is 1. The highest BCUT2D eigenvalue weighted by molar-refractivity contribution is 7.89. The number of allylic oxidation sites excluding steroid dienone is 2. The summed E-state index contributed by atoms with van der Waals surface area (Å²) >= 11 is 0. The van der Waals surface area contributed by atoms with Gasteiger partial charge < -0.3 is 5.11 Å². The van der Waals surface area contributed by atoms with Crippen molar-refractivity contribution in [3.63, 3.8) is 0 Å². The predicted molar refractivity (Wildman–Crippen MR) is 109 cm³/mol. The van der Waals surface area contributed by atoms with Crippen molar-refractivity contribution in [1.82, 2.24) is 4.72 Å². The molecule has 0 aromatic heterocycles. The van der Waals surface area contributed by atoms with Crippen molar-refractivity contribution >= 4 is 16.0 Å². The van der Waals surface area contributed by atoms with Crippen LogP contribution in [0.3, 0.4) is 0 Å². The molecule has 154 valence electrons. The second-order valence-corrected chi connectivity index (χ2v) is 10.5. The molecule has 28 heavy (non-hydrogen) atoms. The van der Waals surface area contributed by atoms with Crippen LogP contribution in [0.15, 0.2) is 47.4 Å². The van der Waals surface area contributed by atoms with Crippen molar-refractivity contribution in [3.05, 3.63) is 42.5 Å². The number of hydrogen-bond acceptors (Lipinski definition) is 3. The van der Waals surface area contributed by atoms with Gasteiger partial charge in [0.15, 0.2) is 0 Å². The molecular formula is C22H31NO4S. The van der Waals surface area contributed by atoms with Gasteiger partial charge in [-0.2, -0.15) is 0 Å². The first-order valence-corrected chi connectivity index (χ1v) is 11.6. The quantitative estimate of drug-likeness (QED) is 0.476. The third-order valence-corrected chi connectivity index (χ3v) is 8.26. The third kappa shape index (κ3) is 4.49. The smallest absolute Gasteiger partial charge is 0.303 e. The van der Waals surface area contributed by atoms with E-state index in [2.05, 4.69) is 24.6 Å². The Kier molecular flexibility index (Phi) is 6.30. The Balaban J connectivity index is 1.68. The number of hydrogen-bond donors (Lipinski definition) is 2. The lowest BCUT2D eigenvalue weighted by atomic mass is 9.45. The molecule has 6 heteroatoms. The van der Waals surface area contributed by atoms with E-state index in [1.807, 2.05) is 12.1 Å². The topological polar surface area (TPSA) is 83.5 Å². The summed E-state index contributed by atoms with van der Waals surface area (Å²) in [7, 11) is -3.54. The zero-order valence-electron chi connectivity index (χ0n) is 16.7. The van der Waals surface area contributed by atoms with Gasteiger partial charge in [-0.15, -0.1) is 0 Å². The van der Waals surface area contributed by atoms with Gasteiger partial charge in [0.1, 0.15) is 0 Å². The Bertz CT molecular complexity index is 816. The number of carboxylic acid groups (broad SMARTS) is 1. The predicted octanol–water partition coefficient (Wildman–Crippen LogP) is 4.22. The van der Waals surface area contributed by atoms with Crippen molar-refractivity contribution in [2.45, 2.75) is 63.3 Å². The fourth-order valence-corrected chi connectivity index (χ4v) is 6.30. The monoisotopic (exact) mass is 405 g/mol. The molecule has 3 fully saturated rings. The van der Waals surface area contributed by atoms with E-state index in [1.54, 1.807) is 24.3 Å². The van der Waals surface area contributed by atoms with Crippen molar-refractivity contribution in [1.29, 1.82) is 0 Å². The molecular weight excluding hydrogens is 374 g/mol. The van der Waals surface area contributed by atoms with Crippen LogP contribution in [0.1, 0.15) is 52.4 Å². The molecule has 4 atom stereocenters. The minimum Gasteiger partial charge on any atom is -0.481 e.